The Labute approximate surface area is 95.8 Å². The first kappa shape index (κ1) is 13.0. The highest BCUT2D eigenvalue weighted by atomic mass is 16.4. The van der Waals surface area contributed by atoms with E-state index in [1.807, 2.05) is 11.8 Å². The number of nitrogens with zero attached hydrogens (tertiary/aromatic N) is 1. The number of amides is 1. The van der Waals surface area contributed by atoms with Gasteiger partial charge in [-0.15, -0.1) is 0 Å². The zero-order chi connectivity index (χ0) is 12.0. The summed E-state index contributed by atoms with van der Waals surface area (Å²) in [7, 11) is 0. The fourth-order valence-electron chi connectivity index (χ4n) is 2.07. The van der Waals surface area contributed by atoms with Crippen LogP contribution in [0.25, 0.3) is 0 Å². The Kier molecular flexibility index (Phi) is 5.25. The van der Waals surface area contributed by atoms with E-state index in [1.165, 1.54) is 0 Å². The van der Waals surface area contributed by atoms with E-state index in [9.17, 15) is 9.59 Å². The monoisotopic (exact) mass is 228 g/mol. The summed E-state index contributed by atoms with van der Waals surface area (Å²) in [6.45, 7) is 3.83. The predicted molar refractivity (Wildman–Crippen MR) is 60.1 cm³/mol. The first-order valence-electron chi connectivity index (χ1n) is 5.88. The quantitative estimate of drug-likeness (QED) is 0.717. The summed E-state index contributed by atoms with van der Waals surface area (Å²) in [5.74, 6) is -0.771. The van der Waals surface area contributed by atoms with Crippen LogP contribution >= 0.6 is 0 Å². The Morgan fingerprint density at radius 2 is 2.19 bits per heavy atom. The van der Waals surface area contributed by atoms with E-state index in [0.717, 1.165) is 19.4 Å². The molecular weight excluding hydrogens is 208 g/mol. The van der Waals surface area contributed by atoms with Gasteiger partial charge in [-0.05, 0) is 26.3 Å². The van der Waals surface area contributed by atoms with E-state index >= 15 is 0 Å². The topological polar surface area (TPSA) is 69.6 Å². The van der Waals surface area contributed by atoms with E-state index in [-0.39, 0.29) is 5.91 Å². The Morgan fingerprint density at radius 1 is 1.44 bits per heavy atom. The van der Waals surface area contributed by atoms with E-state index < -0.39 is 12.0 Å². The van der Waals surface area contributed by atoms with E-state index in [2.05, 4.69) is 5.32 Å². The maximum absolute atomic E-state index is 11.3. The van der Waals surface area contributed by atoms with Crippen LogP contribution in [0.5, 0.6) is 0 Å². The molecule has 1 heterocycles. The van der Waals surface area contributed by atoms with Crippen LogP contribution < -0.4 is 5.32 Å². The molecule has 0 saturated carbocycles. The van der Waals surface area contributed by atoms with Crippen LogP contribution in [0.15, 0.2) is 0 Å². The lowest BCUT2D eigenvalue weighted by atomic mass is 10.0. The van der Waals surface area contributed by atoms with Gasteiger partial charge in [0, 0.05) is 19.5 Å². The van der Waals surface area contributed by atoms with Crippen molar-refractivity contribution in [3.63, 3.8) is 0 Å². The van der Waals surface area contributed by atoms with E-state index in [0.29, 0.717) is 25.9 Å². The highest BCUT2D eigenvalue weighted by Gasteiger charge is 2.28. The molecule has 16 heavy (non-hydrogen) atoms. The second-order valence-corrected chi connectivity index (χ2v) is 4.09. The van der Waals surface area contributed by atoms with Gasteiger partial charge in [0.2, 0.25) is 5.91 Å². The van der Waals surface area contributed by atoms with Crippen LogP contribution in [0.1, 0.15) is 32.6 Å². The van der Waals surface area contributed by atoms with Crippen molar-refractivity contribution < 1.29 is 14.7 Å². The largest absolute Gasteiger partial charge is 0.480 e. The third kappa shape index (κ3) is 3.81. The van der Waals surface area contributed by atoms with Crippen molar-refractivity contribution in [2.75, 3.05) is 19.6 Å². The lowest BCUT2D eigenvalue weighted by Crippen LogP contribution is -2.45. The number of carboxylic acids is 1. The maximum Gasteiger partial charge on any atom is 0.320 e. The van der Waals surface area contributed by atoms with E-state index in [1.54, 1.807) is 0 Å². The normalized spacial score (nSPS) is 21.7. The lowest BCUT2D eigenvalue weighted by Gasteiger charge is -2.32. The molecular formula is C11H20N2O3. The van der Waals surface area contributed by atoms with Gasteiger partial charge in [0.1, 0.15) is 6.04 Å². The van der Waals surface area contributed by atoms with Crippen LogP contribution in [0.2, 0.25) is 0 Å². The summed E-state index contributed by atoms with van der Waals surface area (Å²) in [5.41, 5.74) is 0. The first-order valence-corrected chi connectivity index (χ1v) is 5.88. The van der Waals surface area contributed by atoms with Crippen LogP contribution in [-0.4, -0.2) is 47.6 Å². The molecule has 0 bridgehead atoms. The average molecular weight is 228 g/mol. The molecule has 2 N–H and O–H groups in total. The number of nitrogens with one attached hydrogen (secondary N) is 1. The average Bonchev–Trinajstić information content (AvgIpc) is 2.27. The highest BCUT2D eigenvalue weighted by molar-refractivity contribution is 5.76. The van der Waals surface area contributed by atoms with Gasteiger partial charge in [-0.2, -0.15) is 0 Å². The SMILES string of the molecule is CCNC(=O)CCN1CCCCC1C(=O)O. The molecule has 1 fully saturated rings. The Bertz CT molecular complexity index is 256. The van der Waals surface area contributed by atoms with Gasteiger partial charge in [0.25, 0.3) is 0 Å². The summed E-state index contributed by atoms with van der Waals surface area (Å²) in [6.07, 6.45) is 3.08. The second-order valence-electron chi connectivity index (χ2n) is 4.09. The number of hydrogen-bond donors (Lipinski definition) is 2. The Balaban J connectivity index is 2.38. The second kappa shape index (κ2) is 6.48. The Morgan fingerprint density at radius 3 is 2.81 bits per heavy atom. The molecule has 1 amide bonds. The fourth-order valence-corrected chi connectivity index (χ4v) is 2.07. The molecule has 1 atom stereocenters. The molecule has 0 aliphatic carbocycles. The molecule has 1 aliphatic rings. The summed E-state index contributed by atoms with van der Waals surface area (Å²) in [6, 6.07) is -0.400. The molecule has 0 aromatic heterocycles. The summed E-state index contributed by atoms with van der Waals surface area (Å²) < 4.78 is 0. The minimum Gasteiger partial charge on any atom is -0.480 e. The lowest BCUT2D eigenvalue weighted by molar-refractivity contribution is -0.145. The summed E-state index contributed by atoms with van der Waals surface area (Å²) in [4.78, 5) is 24.2. The number of hydrogen-bond acceptors (Lipinski definition) is 3. The Hall–Kier alpha value is -1.10. The van der Waals surface area contributed by atoms with Gasteiger partial charge >= 0.3 is 5.97 Å². The zero-order valence-corrected chi connectivity index (χ0v) is 9.74. The number of aliphatic carboxylic acids is 1. The smallest absolute Gasteiger partial charge is 0.320 e. The van der Waals surface area contributed by atoms with Gasteiger partial charge in [0.05, 0.1) is 0 Å². The highest BCUT2D eigenvalue weighted by Crippen LogP contribution is 2.17. The van der Waals surface area contributed by atoms with Crippen molar-refractivity contribution in [2.24, 2.45) is 0 Å². The van der Waals surface area contributed by atoms with Crippen molar-refractivity contribution in [3.8, 4) is 0 Å². The van der Waals surface area contributed by atoms with Crippen molar-refractivity contribution in [2.45, 2.75) is 38.6 Å². The molecule has 1 saturated heterocycles. The molecule has 0 radical (unpaired) electrons. The third-order valence-electron chi connectivity index (χ3n) is 2.90. The van der Waals surface area contributed by atoms with Gasteiger partial charge in [-0.1, -0.05) is 6.42 Å². The molecule has 5 heteroatoms. The van der Waals surface area contributed by atoms with Crippen molar-refractivity contribution in [1.82, 2.24) is 10.2 Å². The zero-order valence-electron chi connectivity index (χ0n) is 9.74. The minimum absolute atomic E-state index is 0.00258. The third-order valence-corrected chi connectivity index (χ3v) is 2.90. The van der Waals surface area contributed by atoms with Gasteiger partial charge in [-0.25, -0.2) is 0 Å². The number of likely N-dealkylation sites (tertiary alicyclic amines) is 1. The maximum atomic E-state index is 11.3. The van der Waals surface area contributed by atoms with Gasteiger partial charge in [-0.3, -0.25) is 14.5 Å². The number of piperidine rings is 1. The molecule has 0 aromatic carbocycles. The molecule has 1 unspecified atom stereocenters. The molecule has 5 nitrogen and oxygen atoms in total. The van der Waals surface area contributed by atoms with Gasteiger partial charge in [0.15, 0.2) is 0 Å². The van der Waals surface area contributed by atoms with Crippen molar-refractivity contribution in [3.05, 3.63) is 0 Å². The standard InChI is InChI=1S/C11H20N2O3/c1-2-12-10(14)6-8-13-7-4-3-5-9(13)11(15)16/h9H,2-8H2,1H3,(H,12,14)(H,15,16). The van der Waals surface area contributed by atoms with Crippen LogP contribution in [0.4, 0.5) is 0 Å². The van der Waals surface area contributed by atoms with Crippen molar-refractivity contribution in [1.29, 1.82) is 0 Å². The number of rotatable bonds is 5. The number of carbonyl (C=O) groups is 2. The molecule has 1 aliphatic heterocycles. The first-order chi connectivity index (χ1) is 7.65. The molecule has 1 rings (SSSR count). The van der Waals surface area contributed by atoms with Gasteiger partial charge < -0.3 is 10.4 Å². The summed E-state index contributed by atoms with van der Waals surface area (Å²) in [5, 5.41) is 11.8. The van der Waals surface area contributed by atoms with Crippen molar-refractivity contribution >= 4 is 11.9 Å². The number of carbonyl (C=O) groups excluding carboxylic acids is 1. The number of carboxylic acid groups (broad SMARTS) is 1. The van der Waals surface area contributed by atoms with Crippen LogP contribution in [0, 0.1) is 0 Å². The molecule has 92 valence electrons. The molecule has 0 aromatic rings. The van der Waals surface area contributed by atoms with E-state index in [4.69, 9.17) is 5.11 Å². The summed E-state index contributed by atoms with van der Waals surface area (Å²) >= 11 is 0. The molecule has 0 spiro atoms. The minimum atomic E-state index is -0.768. The van der Waals surface area contributed by atoms with Crippen LogP contribution in [-0.2, 0) is 9.59 Å². The van der Waals surface area contributed by atoms with Crippen LogP contribution in [0.3, 0.4) is 0 Å². The fraction of sp³-hybridized carbons (Fsp3) is 0.818. The predicted octanol–water partition coefficient (Wildman–Crippen LogP) is 0.452.